The Hall–Kier alpha value is -2.45. The molecule has 6 nitrogen and oxygen atoms in total. The zero-order chi connectivity index (χ0) is 17.7. The summed E-state index contributed by atoms with van der Waals surface area (Å²) in [5.41, 5.74) is 0.580. The molecule has 2 rings (SSSR count). The van der Waals surface area contributed by atoms with E-state index in [0.29, 0.717) is 31.9 Å². The molecule has 1 aromatic carbocycles. The largest absolute Gasteiger partial charge is 0.573 e. The lowest BCUT2D eigenvalue weighted by Gasteiger charge is -2.36. The van der Waals surface area contributed by atoms with Crippen molar-refractivity contribution in [3.8, 4) is 5.75 Å². The molecule has 1 aliphatic rings. The minimum Gasteiger partial charge on any atom is -0.469 e. The van der Waals surface area contributed by atoms with Gasteiger partial charge in [-0.3, -0.25) is 9.59 Å². The molecule has 0 aliphatic carbocycles. The number of hydrogen-bond acceptors (Lipinski definition) is 5. The van der Waals surface area contributed by atoms with Gasteiger partial charge >= 0.3 is 12.3 Å². The van der Waals surface area contributed by atoms with Crippen LogP contribution in [0.15, 0.2) is 24.3 Å². The number of hydrogen-bond donors (Lipinski definition) is 0. The molecule has 0 saturated carbocycles. The normalized spacial score (nSPS) is 15.2. The summed E-state index contributed by atoms with van der Waals surface area (Å²) in [6.45, 7) is 1.64. The Kier molecular flexibility index (Phi) is 5.53. The molecule has 1 amide bonds. The lowest BCUT2D eigenvalue weighted by atomic mass is 10.2. The SMILES string of the molecule is COC(=O)CC(=O)N1CCN(c2cccc(OC(F)(F)F)c2)CC1. The summed E-state index contributed by atoms with van der Waals surface area (Å²) in [7, 11) is 1.21. The maximum absolute atomic E-state index is 12.3. The monoisotopic (exact) mass is 346 g/mol. The second-order valence-electron chi connectivity index (χ2n) is 5.17. The van der Waals surface area contributed by atoms with E-state index >= 15 is 0 Å². The number of piperazine rings is 1. The van der Waals surface area contributed by atoms with E-state index in [0.717, 1.165) is 0 Å². The van der Waals surface area contributed by atoms with Crippen LogP contribution in [0, 0.1) is 0 Å². The molecule has 132 valence electrons. The van der Waals surface area contributed by atoms with Crippen LogP contribution in [0.2, 0.25) is 0 Å². The molecule has 0 aromatic heterocycles. The van der Waals surface area contributed by atoms with Crippen LogP contribution in [0.1, 0.15) is 6.42 Å². The molecule has 1 aliphatic heterocycles. The van der Waals surface area contributed by atoms with Gasteiger partial charge in [0.15, 0.2) is 0 Å². The van der Waals surface area contributed by atoms with Gasteiger partial charge in [-0.2, -0.15) is 0 Å². The number of esters is 1. The van der Waals surface area contributed by atoms with Gasteiger partial charge in [-0.05, 0) is 12.1 Å². The van der Waals surface area contributed by atoms with Crippen molar-refractivity contribution in [1.29, 1.82) is 0 Å². The first-order valence-corrected chi connectivity index (χ1v) is 7.24. The van der Waals surface area contributed by atoms with Gasteiger partial charge in [-0.25, -0.2) is 0 Å². The highest BCUT2D eigenvalue weighted by molar-refractivity contribution is 5.94. The third kappa shape index (κ3) is 5.04. The molecule has 0 unspecified atom stereocenters. The summed E-state index contributed by atoms with van der Waals surface area (Å²) < 4.78 is 45.2. The molecule has 1 fully saturated rings. The van der Waals surface area contributed by atoms with Crippen LogP contribution in [0.5, 0.6) is 5.75 Å². The van der Waals surface area contributed by atoms with E-state index in [-0.39, 0.29) is 18.1 Å². The third-order valence-electron chi connectivity index (χ3n) is 3.57. The molecule has 1 heterocycles. The number of carbonyl (C=O) groups excluding carboxylic acids is 2. The van der Waals surface area contributed by atoms with Crippen LogP contribution in [0.3, 0.4) is 0 Å². The van der Waals surface area contributed by atoms with Gasteiger partial charge in [0.1, 0.15) is 12.2 Å². The first kappa shape index (κ1) is 17.9. The van der Waals surface area contributed by atoms with Crippen molar-refractivity contribution in [2.45, 2.75) is 12.8 Å². The minimum absolute atomic E-state index is 0.288. The summed E-state index contributed by atoms with van der Waals surface area (Å²) in [6, 6.07) is 5.69. The van der Waals surface area contributed by atoms with Crippen molar-refractivity contribution < 1.29 is 32.2 Å². The summed E-state index contributed by atoms with van der Waals surface area (Å²) >= 11 is 0. The number of halogens is 3. The Morgan fingerprint density at radius 2 is 1.83 bits per heavy atom. The number of anilines is 1. The fourth-order valence-electron chi connectivity index (χ4n) is 2.40. The lowest BCUT2D eigenvalue weighted by molar-refractivity contribution is -0.274. The maximum Gasteiger partial charge on any atom is 0.573 e. The van der Waals surface area contributed by atoms with E-state index < -0.39 is 12.3 Å². The molecule has 0 spiro atoms. The second-order valence-corrected chi connectivity index (χ2v) is 5.17. The molecular weight excluding hydrogens is 329 g/mol. The number of alkyl halides is 3. The van der Waals surface area contributed by atoms with Gasteiger partial charge < -0.3 is 19.3 Å². The van der Waals surface area contributed by atoms with Gasteiger partial charge in [0.05, 0.1) is 7.11 Å². The van der Waals surface area contributed by atoms with E-state index in [4.69, 9.17) is 0 Å². The lowest BCUT2D eigenvalue weighted by Crippen LogP contribution is -2.49. The number of methoxy groups -OCH3 is 1. The summed E-state index contributed by atoms with van der Waals surface area (Å²) in [4.78, 5) is 26.4. The zero-order valence-corrected chi connectivity index (χ0v) is 13.0. The summed E-state index contributed by atoms with van der Waals surface area (Å²) in [6.07, 6.45) is -5.05. The van der Waals surface area contributed by atoms with Crippen LogP contribution in [-0.2, 0) is 14.3 Å². The first-order valence-electron chi connectivity index (χ1n) is 7.24. The maximum atomic E-state index is 12.3. The standard InChI is InChI=1S/C15H17F3N2O4/c1-23-14(22)10-13(21)20-7-5-19(6-8-20)11-3-2-4-12(9-11)24-15(16,17)18/h2-4,9H,5-8,10H2,1H3. The summed E-state index contributed by atoms with van der Waals surface area (Å²) in [5.74, 6) is -1.21. The number of carbonyl (C=O) groups is 2. The van der Waals surface area contributed by atoms with Crippen molar-refractivity contribution in [3.05, 3.63) is 24.3 Å². The van der Waals surface area contributed by atoms with E-state index in [1.54, 1.807) is 6.07 Å². The Balaban J connectivity index is 1.94. The van der Waals surface area contributed by atoms with Gasteiger partial charge in [0.25, 0.3) is 0 Å². The topological polar surface area (TPSA) is 59.1 Å². The molecule has 0 radical (unpaired) electrons. The van der Waals surface area contributed by atoms with E-state index in [1.807, 2.05) is 4.90 Å². The quantitative estimate of drug-likeness (QED) is 0.615. The third-order valence-corrected chi connectivity index (χ3v) is 3.57. The predicted molar refractivity (Wildman–Crippen MR) is 78.6 cm³/mol. The Morgan fingerprint density at radius 3 is 2.42 bits per heavy atom. The molecule has 1 aromatic rings. The van der Waals surface area contributed by atoms with Crippen LogP contribution < -0.4 is 9.64 Å². The van der Waals surface area contributed by atoms with Crippen LogP contribution in [0.4, 0.5) is 18.9 Å². The Morgan fingerprint density at radius 1 is 1.17 bits per heavy atom. The molecule has 1 saturated heterocycles. The second kappa shape index (κ2) is 7.41. The van der Waals surface area contributed by atoms with Gasteiger partial charge in [-0.15, -0.1) is 13.2 Å². The first-order chi connectivity index (χ1) is 11.3. The van der Waals surface area contributed by atoms with Crippen molar-refractivity contribution in [3.63, 3.8) is 0 Å². The predicted octanol–water partition coefficient (Wildman–Crippen LogP) is 1.80. The van der Waals surface area contributed by atoms with Crippen molar-refractivity contribution in [2.24, 2.45) is 0 Å². The van der Waals surface area contributed by atoms with Crippen LogP contribution in [0.25, 0.3) is 0 Å². The van der Waals surface area contributed by atoms with Gasteiger partial charge in [-0.1, -0.05) is 6.07 Å². The highest BCUT2D eigenvalue weighted by Crippen LogP contribution is 2.27. The fourth-order valence-corrected chi connectivity index (χ4v) is 2.40. The molecule has 24 heavy (non-hydrogen) atoms. The number of amides is 1. The highest BCUT2D eigenvalue weighted by Gasteiger charge is 2.31. The molecular formula is C15H17F3N2O4. The van der Waals surface area contributed by atoms with Gasteiger partial charge in [0, 0.05) is 37.9 Å². The highest BCUT2D eigenvalue weighted by atomic mass is 19.4. The summed E-state index contributed by atoms with van der Waals surface area (Å²) in [5, 5.41) is 0. The molecule has 0 N–H and O–H groups in total. The minimum atomic E-state index is -4.74. The zero-order valence-electron chi connectivity index (χ0n) is 13.0. The van der Waals surface area contributed by atoms with E-state index in [9.17, 15) is 22.8 Å². The van der Waals surface area contributed by atoms with Crippen LogP contribution in [-0.4, -0.2) is 56.4 Å². The van der Waals surface area contributed by atoms with E-state index in [1.165, 1.54) is 30.2 Å². The van der Waals surface area contributed by atoms with E-state index in [2.05, 4.69) is 9.47 Å². The molecule has 0 atom stereocenters. The van der Waals surface area contributed by atoms with Crippen molar-refractivity contribution >= 4 is 17.6 Å². The number of benzene rings is 1. The fraction of sp³-hybridized carbons (Fsp3) is 0.467. The van der Waals surface area contributed by atoms with Gasteiger partial charge in [0.2, 0.25) is 5.91 Å². The van der Waals surface area contributed by atoms with Crippen molar-refractivity contribution in [1.82, 2.24) is 4.90 Å². The Labute approximate surface area is 136 Å². The number of ether oxygens (including phenoxy) is 2. The van der Waals surface area contributed by atoms with Crippen LogP contribution >= 0.6 is 0 Å². The average Bonchev–Trinajstić information content (AvgIpc) is 2.53. The molecule has 0 bridgehead atoms. The van der Waals surface area contributed by atoms with Crippen molar-refractivity contribution in [2.75, 3.05) is 38.2 Å². The average molecular weight is 346 g/mol. The Bertz CT molecular complexity index is 599. The molecule has 9 heteroatoms. The smallest absolute Gasteiger partial charge is 0.469 e. The number of nitrogens with zero attached hydrogens (tertiary/aromatic N) is 2. The number of rotatable bonds is 4.